The van der Waals surface area contributed by atoms with Crippen molar-refractivity contribution in [3.8, 4) is 0 Å². The van der Waals surface area contributed by atoms with Gasteiger partial charge < -0.3 is 10.6 Å². The standard InChI is InChI=1S/C10H15N7/c1-7-4-8(11)6-16(5-7)10-3-2-9-12-14-15-17(9)13-10/h2-3,7-8H,4-6,11H2,1H3. The number of fused-ring (bicyclic) bond motifs is 1. The molecule has 7 nitrogen and oxygen atoms in total. The average Bonchev–Trinajstić information content (AvgIpc) is 2.74. The molecular formula is C10H15N7. The van der Waals surface area contributed by atoms with Gasteiger partial charge >= 0.3 is 0 Å². The molecule has 0 radical (unpaired) electrons. The summed E-state index contributed by atoms with van der Waals surface area (Å²) < 4.78 is 1.44. The predicted molar refractivity (Wildman–Crippen MR) is 62.5 cm³/mol. The molecule has 2 atom stereocenters. The lowest BCUT2D eigenvalue weighted by atomic mass is 9.97. The Morgan fingerprint density at radius 3 is 3.06 bits per heavy atom. The smallest absolute Gasteiger partial charge is 0.200 e. The van der Waals surface area contributed by atoms with Crippen LogP contribution in [0.2, 0.25) is 0 Å². The number of hydrogen-bond acceptors (Lipinski definition) is 6. The molecule has 1 saturated heterocycles. The van der Waals surface area contributed by atoms with E-state index in [1.165, 1.54) is 4.63 Å². The molecule has 1 fully saturated rings. The van der Waals surface area contributed by atoms with E-state index in [0.717, 1.165) is 25.3 Å². The first-order valence-electron chi connectivity index (χ1n) is 5.78. The maximum Gasteiger partial charge on any atom is 0.200 e. The molecular weight excluding hydrogens is 218 g/mol. The van der Waals surface area contributed by atoms with Crippen LogP contribution in [0.25, 0.3) is 5.65 Å². The van der Waals surface area contributed by atoms with E-state index in [2.05, 4.69) is 32.4 Å². The number of aromatic nitrogens is 5. The third kappa shape index (κ3) is 1.93. The van der Waals surface area contributed by atoms with Gasteiger partial charge in [-0.2, -0.15) is 0 Å². The van der Waals surface area contributed by atoms with E-state index < -0.39 is 0 Å². The highest BCUT2D eigenvalue weighted by atomic mass is 15.6. The molecule has 0 aliphatic carbocycles. The molecule has 0 bridgehead atoms. The fraction of sp³-hybridized carbons (Fsp3) is 0.600. The van der Waals surface area contributed by atoms with Crippen molar-refractivity contribution in [2.24, 2.45) is 11.7 Å². The Balaban J connectivity index is 1.91. The SMILES string of the molecule is CC1CC(N)CN(c2ccc3nnnn3n2)C1. The highest BCUT2D eigenvalue weighted by Crippen LogP contribution is 2.20. The van der Waals surface area contributed by atoms with Crippen molar-refractivity contribution in [1.29, 1.82) is 0 Å². The lowest BCUT2D eigenvalue weighted by Crippen LogP contribution is -2.46. The molecule has 2 N–H and O–H groups in total. The fourth-order valence-corrected chi connectivity index (χ4v) is 2.40. The van der Waals surface area contributed by atoms with Gasteiger partial charge in [-0.25, -0.2) is 0 Å². The van der Waals surface area contributed by atoms with Crippen molar-refractivity contribution in [1.82, 2.24) is 25.3 Å². The van der Waals surface area contributed by atoms with Gasteiger partial charge in [0.2, 0.25) is 0 Å². The van der Waals surface area contributed by atoms with Crippen LogP contribution >= 0.6 is 0 Å². The number of hydrogen-bond donors (Lipinski definition) is 1. The lowest BCUT2D eigenvalue weighted by molar-refractivity contribution is 0.398. The zero-order chi connectivity index (χ0) is 11.8. The molecule has 2 aromatic heterocycles. The number of tetrazole rings is 1. The summed E-state index contributed by atoms with van der Waals surface area (Å²) in [5.41, 5.74) is 6.68. The van der Waals surface area contributed by atoms with E-state index in [9.17, 15) is 0 Å². The van der Waals surface area contributed by atoms with E-state index in [1.54, 1.807) is 0 Å². The summed E-state index contributed by atoms with van der Waals surface area (Å²) in [5.74, 6) is 1.47. The van der Waals surface area contributed by atoms with E-state index in [-0.39, 0.29) is 6.04 Å². The summed E-state index contributed by atoms with van der Waals surface area (Å²) in [4.78, 5) is 2.19. The van der Waals surface area contributed by atoms with Gasteiger partial charge in [0, 0.05) is 19.1 Å². The van der Waals surface area contributed by atoms with Crippen molar-refractivity contribution in [2.75, 3.05) is 18.0 Å². The molecule has 3 heterocycles. The highest BCUT2D eigenvalue weighted by Gasteiger charge is 2.23. The van der Waals surface area contributed by atoms with Crippen LogP contribution in [-0.2, 0) is 0 Å². The van der Waals surface area contributed by atoms with Crippen molar-refractivity contribution < 1.29 is 0 Å². The van der Waals surface area contributed by atoms with Crippen LogP contribution in [0, 0.1) is 5.92 Å². The minimum Gasteiger partial charge on any atom is -0.353 e. The first-order valence-corrected chi connectivity index (χ1v) is 5.78. The van der Waals surface area contributed by atoms with Crippen LogP contribution in [0.5, 0.6) is 0 Å². The molecule has 3 rings (SSSR count). The molecule has 0 aromatic carbocycles. The Labute approximate surface area is 98.6 Å². The number of rotatable bonds is 1. The Bertz CT molecular complexity index is 512. The summed E-state index contributed by atoms with van der Waals surface area (Å²) >= 11 is 0. The molecule has 2 unspecified atom stereocenters. The molecule has 0 amide bonds. The van der Waals surface area contributed by atoms with Gasteiger partial charge in [0.1, 0.15) is 0 Å². The van der Waals surface area contributed by atoms with Crippen molar-refractivity contribution >= 4 is 11.5 Å². The maximum atomic E-state index is 6.03. The summed E-state index contributed by atoms with van der Waals surface area (Å²) in [6, 6.07) is 4.02. The lowest BCUT2D eigenvalue weighted by Gasteiger charge is -2.35. The Morgan fingerprint density at radius 1 is 1.35 bits per heavy atom. The normalized spacial score (nSPS) is 25.4. The largest absolute Gasteiger partial charge is 0.353 e. The number of anilines is 1. The molecule has 7 heteroatoms. The molecule has 0 saturated carbocycles. The molecule has 2 aromatic rings. The fourth-order valence-electron chi connectivity index (χ4n) is 2.40. The summed E-state index contributed by atoms with van der Waals surface area (Å²) in [6.45, 7) is 4.03. The minimum absolute atomic E-state index is 0.213. The maximum absolute atomic E-state index is 6.03. The molecule has 90 valence electrons. The van der Waals surface area contributed by atoms with Gasteiger partial charge in [-0.05, 0) is 34.9 Å². The number of nitrogens with two attached hydrogens (primary N) is 1. The Hall–Kier alpha value is -1.76. The topological polar surface area (TPSA) is 85.2 Å². The summed E-state index contributed by atoms with van der Waals surface area (Å²) in [6.07, 6.45) is 1.07. The Morgan fingerprint density at radius 2 is 2.24 bits per heavy atom. The molecule has 17 heavy (non-hydrogen) atoms. The second-order valence-corrected chi connectivity index (χ2v) is 4.72. The summed E-state index contributed by atoms with van der Waals surface area (Å²) in [5, 5.41) is 15.6. The van der Waals surface area contributed by atoms with Crippen LogP contribution in [-0.4, -0.2) is 44.4 Å². The van der Waals surface area contributed by atoms with Crippen molar-refractivity contribution in [2.45, 2.75) is 19.4 Å². The van der Waals surface area contributed by atoms with Crippen molar-refractivity contribution in [3.05, 3.63) is 12.1 Å². The molecule has 1 aliphatic heterocycles. The van der Waals surface area contributed by atoms with Crippen LogP contribution in [0.3, 0.4) is 0 Å². The zero-order valence-electron chi connectivity index (χ0n) is 9.69. The number of nitrogens with zero attached hydrogens (tertiary/aromatic N) is 6. The van der Waals surface area contributed by atoms with Gasteiger partial charge in [-0.1, -0.05) is 6.92 Å². The van der Waals surface area contributed by atoms with Crippen LogP contribution in [0.1, 0.15) is 13.3 Å². The Kier molecular flexibility index (Phi) is 2.40. The van der Waals surface area contributed by atoms with E-state index >= 15 is 0 Å². The predicted octanol–water partition coefficient (Wildman–Crippen LogP) is -0.307. The van der Waals surface area contributed by atoms with Gasteiger partial charge in [-0.15, -0.1) is 14.8 Å². The van der Waals surface area contributed by atoms with Gasteiger partial charge in [-0.3, -0.25) is 0 Å². The molecule has 0 spiro atoms. The van der Waals surface area contributed by atoms with E-state index in [0.29, 0.717) is 11.6 Å². The minimum atomic E-state index is 0.213. The van der Waals surface area contributed by atoms with Crippen LogP contribution < -0.4 is 10.6 Å². The van der Waals surface area contributed by atoms with Gasteiger partial charge in [0.25, 0.3) is 0 Å². The van der Waals surface area contributed by atoms with Gasteiger partial charge in [0.05, 0.1) is 0 Å². The quantitative estimate of drug-likeness (QED) is 0.727. The van der Waals surface area contributed by atoms with Crippen molar-refractivity contribution in [3.63, 3.8) is 0 Å². The first kappa shape index (κ1) is 10.4. The second-order valence-electron chi connectivity index (χ2n) is 4.72. The number of piperidine rings is 1. The van der Waals surface area contributed by atoms with Crippen LogP contribution in [0.15, 0.2) is 12.1 Å². The zero-order valence-corrected chi connectivity index (χ0v) is 9.69. The first-order chi connectivity index (χ1) is 8.22. The van der Waals surface area contributed by atoms with Crippen LogP contribution in [0.4, 0.5) is 5.82 Å². The van der Waals surface area contributed by atoms with E-state index in [1.807, 2.05) is 12.1 Å². The third-order valence-electron chi connectivity index (χ3n) is 3.07. The third-order valence-corrected chi connectivity index (χ3v) is 3.07. The van der Waals surface area contributed by atoms with Gasteiger partial charge in [0.15, 0.2) is 11.5 Å². The average molecular weight is 233 g/mol. The summed E-state index contributed by atoms with van der Waals surface area (Å²) in [7, 11) is 0. The molecule has 1 aliphatic rings. The van der Waals surface area contributed by atoms with E-state index in [4.69, 9.17) is 5.73 Å². The monoisotopic (exact) mass is 233 g/mol. The highest BCUT2D eigenvalue weighted by molar-refractivity contribution is 5.44. The second kappa shape index (κ2) is 3.92.